The molecule has 18 heavy (non-hydrogen) atoms. The van der Waals surface area contributed by atoms with Crippen LogP contribution in [0.3, 0.4) is 0 Å². The molecule has 1 spiro atoms. The van der Waals surface area contributed by atoms with Gasteiger partial charge in [0.15, 0.2) is 0 Å². The molecule has 2 aliphatic heterocycles. The molecule has 2 aliphatic rings. The van der Waals surface area contributed by atoms with E-state index >= 15 is 0 Å². The summed E-state index contributed by atoms with van der Waals surface area (Å²) >= 11 is 0. The van der Waals surface area contributed by atoms with Crippen molar-refractivity contribution in [1.29, 1.82) is 0 Å². The van der Waals surface area contributed by atoms with Crippen LogP contribution in [0, 0.1) is 12.3 Å². The lowest BCUT2D eigenvalue weighted by molar-refractivity contribution is -0.285. The van der Waals surface area contributed by atoms with Crippen molar-refractivity contribution >= 4 is 11.6 Å². The Morgan fingerprint density at radius 2 is 1.89 bits per heavy atom. The topological polar surface area (TPSA) is 47.6 Å². The summed E-state index contributed by atoms with van der Waals surface area (Å²) in [5.74, 6) is -1.46. The Hall–Kier alpha value is -1.39. The molecule has 1 amide bonds. The zero-order valence-electron chi connectivity index (χ0n) is 10.9. The molecule has 1 aromatic carbocycles. The second-order valence-electron chi connectivity index (χ2n) is 5.86. The molecule has 0 aromatic heterocycles. The van der Waals surface area contributed by atoms with Crippen molar-refractivity contribution in [3.8, 4) is 0 Å². The third-order valence-corrected chi connectivity index (χ3v) is 3.41. The zero-order valence-corrected chi connectivity index (χ0v) is 10.9. The molecular weight excluding hydrogens is 230 g/mol. The van der Waals surface area contributed by atoms with Crippen molar-refractivity contribution in [1.82, 2.24) is 0 Å². The number of aryl methyl sites for hydroxylation is 1. The lowest BCUT2D eigenvalue weighted by atomic mass is 9.93. The molecule has 1 fully saturated rings. The molecule has 2 heterocycles. The predicted octanol–water partition coefficient (Wildman–Crippen LogP) is 2.17. The number of nitrogens with one attached hydrogen (secondary N) is 1. The molecule has 0 radical (unpaired) electrons. The standard InChI is InChI=1S/C14H17NO3/c1-9-4-5-11-10(6-9)14(12(16)15-11)17-7-13(2,3)8-18-14/h4-6H,7-8H2,1-3H3,(H,15,16). The van der Waals surface area contributed by atoms with Crippen LogP contribution in [0.2, 0.25) is 0 Å². The molecule has 0 bridgehead atoms. The summed E-state index contributed by atoms with van der Waals surface area (Å²) in [4.78, 5) is 12.2. The van der Waals surface area contributed by atoms with Gasteiger partial charge in [0.2, 0.25) is 0 Å². The summed E-state index contributed by atoms with van der Waals surface area (Å²) in [6.45, 7) is 7.12. The third-order valence-electron chi connectivity index (χ3n) is 3.41. The average Bonchev–Trinajstić information content (AvgIpc) is 2.57. The number of rotatable bonds is 0. The molecule has 4 heteroatoms. The van der Waals surface area contributed by atoms with Crippen molar-refractivity contribution in [2.45, 2.75) is 26.6 Å². The van der Waals surface area contributed by atoms with Crippen LogP contribution < -0.4 is 5.32 Å². The molecule has 4 nitrogen and oxygen atoms in total. The smallest absolute Gasteiger partial charge is 0.289 e. The monoisotopic (exact) mass is 247 g/mol. The number of hydrogen-bond acceptors (Lipinski definition) is 3. The van der Waals surface area contributed by atoms with Gasteiger partial charge in [-0.1, -0.05) is 25.5 Å². The number of anilines is 1. The molecule has 0 aliphatic carbocycles. The Morgan fingerprint density at radius 1 is 1.22 bits per heavy atom. The van der Waals surface area contributed by atoms with E-state index in [1.807, 2.05) is 25.1 Å². The first-order valence-corrected chi connectivity index (χ1v) is 6.13. The molecule has 1 N–H and O–H groups in total. The summed E-state index contributed by atoms with van der Waals surface area (Å²) in [7, 11) is 0. The van der Waals surface area contributed by atoms with E-state index in [0.29, 0.717) is 13.2 Å². The lowest BCUT2D eigenvalue weighted by Crippen LogP contribution is -2.49. The Bertz CT molecular complexity index is 512. The fraction of sp³-hybridized carbons (Fsp3) is 0.500. The molecular formula is C14H17NO3. The van der Waals surface area contributed by atoms with Gasteiger partial charge in [0, 0.05) is 11.0 Å². The van der Waals surface area contributed by atoms with Crippen molar-refractivity contribution in [2.24, 2.45) is 5.41 Å². The average molecular weight is 247 g/mol. The largest absolute Gasteiger partial charge is 0.338 e. The van der Waals surface area contributed by atoms with Crippen molar-refractivity contribution in [3.05, 3.63) is 29.3 Å². The van der Waals surface area contributed by atoms with E-state index in [0.717, 1.165) is 16.8 Å². The van der Waals surface area contributed by atoms with Crippen LogP contribution in [0.5, 0.6) is 0 Å². The summed E-state index contributed by atoms with van der Waals surface area (Å²) in [6.07, 6.45) is 0. The van der Waals surface area contributed by atoms with E-state index in [-0.39, 0.29) is 11.3 Å². The Labute approximate surface area is 106 Å². The van der Waals surface area contributed by atoms with Gasteiger partial charge in [-0.2, -0.15) is 0 Å². The van der Waals surface area contributed by atoms with Crippen molar-refractivity contribution in [2.75, 3.05) is 18.5 Å². The first-order chi connectivity index (χ1) is 8.43. The van der Waals surface area contributed by atoms with Gasteiger partial charge in [0.05, 0.1) is 18.9 Å². The van der Waals surface area contributed by atoms with Crippen LogP contribution in [-0.4, -0.2) is 19.1 Å². The minimum Gasteiger partial charge on any atom is -0.338 e. The van der Waals surface area contributed by atoms with Crippen LogP contribution in [0.25, 0.3) is 0 Å². The highest BCUT2D eigenvalue weighted by Gasteiger charge is 2.53. The maximum absolute atomic E-state index is 12.2. The van der Waals surface area contributed by atoms with Gasteiger partial charge in [-0.05, 0) is 19.1 Å². The van der Waals surface area contributed by atoms with Crippen LogP contribution in [0.1, 0.15) is 25.0 Å². The molecule has 1 aromatic rings. The van der Waals surface area contributed by atoms with Crippen LogP contribution in [-0.2, 0) is 20.1 Å². The summed E-state index contributed by atoms with van der Waals surface area (Å²) in [5, 5.41) is 2.82. The van der Waals surface area contributed by atoms with Gasteiger partial charge < -0.3 is 14.8 Å². The maximum atomic E-state index is 12.2. The quantitative estimate of drug-likeness (QED) is 0.764. The van der Waals surface area contributed by atoms with E-state index in [9.17, 15) is 4.79 Å². The van der Waals surface area contributed by atoms with Gasteiger partial charge >= 0.3 is 0 Å². The highest BCUT2D eigenvalue weighted by molar-refractivity contribution is 6.04. The van der Waals surface area contributed by atoms with E-state index in [1.54, 1.807) is 0 Å². The van der Waals surface area contributed by atoms with Gasteiger partial charge in [0.1, 0.15) is 0 Å². The van der Waals surface area contributed by atoms with Crippen LogP contribution in [0.4, 0.5) is 5.69 Å². The van der Waals surface area contributed by atoms with Gasteiger partial charge in [0.25, 0.3) is 11.7 Å². The SMILES string of the molecule is Cc1ccc2c(c1)C1(OCC(C)(C)CO1)C(=O)N2. The Balaban J connectivity index is 2.04. The van der Waals surface area contributed by atoms with E-state index in [2.05, 4.69) is 19.2 Å². The summed E-state index contributed by atoms with van der Waals surface area (Å²) < 4.78 is 11.6. The van der Waals surface area contributed by atoms with Gasteiger partial charge in [-0.3, -0.25) is 4.79 Å². The minimum absolute atomic E-state index is 0.0574. The molecule has 0 unspecified atom stereocenters. The van der Waals surface area contributed by atoms with Gasteiger partial charge in [-0.15, -0.1) is 0 Å². The van der Waals surface area contributed by atoms with Gasteiger partial charge in [-0.25, -0.2) is 0 Å². The second-order valence-corrected chi connectivity index (χ2v) is 5.86. The highest BCUT2D eigenvalue weighted by atomic mass is 16.7. The lowest BCUT2D eigenvalue weighted by Gasteiger charge is -2.39. The van der Waals surface area contributed by atoms with E-state index in [1.165, 1.54) is 0 Å². The van der Waals surface area contributed by atoms with Crippen molar-refractivity contribution < 1.29 is 14.3 Å². The molecule has 96 valence electrons. The summed E-state index contributed by atoms with van der Waals surface area (Å²) in [5.41, 5.74) is 2.60. The Morgan fingerprint density at radius 3 is 2.56 bits per heavy atom. The van der Waals surface area contributed by atoms with E-state index < -0.39 is 5.79 Å². The van der Waals surface area contributed by atoms with Crippen molar-refractivity contribution in [3.63, 3.8) is 0 Å². The molecule has 1 saturated heterocycles. The number of benzene rings is 1. The zero-order chi connectivity index (χ0) is 13.0. The molecule has 3 rings (SSSR count). The number of ether oxygens (including phenoxy) is 2. The van der Waals surface area contributed by atoms with Crippen LogP contribution >= 0.6 is 0 Å². The first-order valence-electron chi connectivity index (χ1n) is 6.13. The number of carbonyl (C=O) groups is 1. The second kappa shape index (κ2) is 3.56. The number of hydrogen-bond donors (Lipinski definition) is 1. The first kappa shape index (κ1) is 11.7. The summed E-state index contributed by atoms with van der Waals surface area (Å²) in [6, 6.07) is 5.81. The highest BCUT2D eigenvalue weighted by Crippen LogP contribution is 2.44. The van der Waals surface area contributed by atoms with Crippen LogP contribution in [0.15, 0.2) is 18.2 Å². The molecule has 0 saturated carbocycles. The Kier molecular flexibility index (Phi) is 2.31. The molecule has 0 atom stereocenters. The number of fused-ring (bicyclic) bond motifs is 2. The predicted molar refractivity (Wildman–Crippen MR) is 67.2 cm³/mol. The third kappa shape index (κ3) is 1.56. The number of amides is 1. The normalized spacial score (nSPS) is 23.8. The fourth-order valence-corrected chi connectivity index (χ4v) is 2.33. The minimum atomic E-state index is -1.24. The number of carbonyl (C=O) groups excluding carboxylic acids is 1. The maximum Gasteiger partial charge on any atom is 0.289 e. The fourth-order valence-electron chi connectivity index (χ4n) is 2.33. The van der Waals surface area contributed by atoms with E-state index in [4.69, 9.17) is 9.47 Å².